The van der Waals surface area contributed by atoms with Crippen LogP contribution in [0.15, 0.2) is 24.3 Å². The van der Waals surface area contributed by atoms with E-state index in [4.69, 9.17) is 9.47 Å². The molecule has 0 aliphatic carbocycles. The molecule has 47 heavy (non-hydrogen) atoms. The molecule has 0 unspecified atom stereocenters. The first-order valence-electron chi connectivity index (χ1n) is 16.1. The summed E-state index contributed by atoms with van der Waals surface area (Å²) < 4.78 is 13.8. The van der Waals surface area contributed by atoms with Crippen LogP contribution in [0.3, 0.4) is 0 Å². The van der Waals surface area contributed by atoms with Gasteiger partial charge in [-0.15, -0.1) is 0 Å². The lowest BCUT2D eigenvalue weighted by Crippen LogP contribution is -2.03. The Hall–Kier alpha value is -3.53. The van der Waals surface area contributed by atoms with Crippen LogP contribution in [0, 0.1) is 6.92 Å². The molecule has 0 saturated heterocycles. The van der Waals surface area contributed by atoms with Gasteiger partial charge in [0.2, 0.25) is 0 Å². The predicted octanol–water partition coefficient (Wildman–Crippen LogP) is 7.61. The molecule has 0 amide bonds. The van der Waals surface area contributed by atoms with Gasteiger partial charge in [0.1, 0.15) is 28.9 Å². The van der Waals surface area contributed by atoms with Crippen LogP contribution in [0.5, 0.6) is 0 Å². The zero-order valence-electron chi connectivity index (χ0n) is 32.0. The van der Waals surface area contributed by atoms with E-state index in [2.05, 4.69) is 42.8 Å². The van der Waals surface area contributed by atoms with Crippen LogP contribution in [0.2, 0.25) is 0 Å². The van der Waals surface area contributed by atoms with Gasteiger partial charge in [0.05, 0.1) is 20.1 Å². The van der Waals surface area contributed by atoms with Crippen LogP contribution in [-0.2, 0) is 54.2 Å². The molecule has 274 valence electrons. The van der Waals surface area contributed by atoms with E-state index >= 15 is 0 Å². The Morgan fingerprint density at radius 2 is 1.00 bits per heavy atom. The zero-order chi connectivity index (χ0) is 38.2. The third-order valence-corrected chi connectivity index (χ3v) is 4.84. The highest BCUT2D eigenvalue weighted by molar-refractivity contribution is 5.96. The van der Waals surface area contributed by atoms with Crippen LogP contribution in [0.1, 0.15) is 132 Å². The number of hydrogen-bond acceptors (Lipinski definition) is 10. The van der Waals surface area contributed by atoms with Gasteiger partial charge in [-0.25, -0.2) is 0 Å². The molecule has 10 heteroatoms. The van der Waals surface area contributed by atoms with E-state index in [9.17, 15) is 33.6 Å². The Morgan fingerprint density at radius 3 is 1.15 bits per heavy atom. The highest BCUT2D eigenvalue weighted by Gasteiger charge is 1.96. The van der Waals surface area contributed by atoms with Gasteiger partial charge in [-0.05, 0) is 59.9 Å². The fourth-order valence-corrected chi connectivity index (χ4v) is 2.12. The quantitative estimate of drug-likeness (QED) is 0.161. The fourth-order valence-electron chi connectivity index (χ4n) is 2.12. The molecule has 1 aromatic carbocycles. The first-order valence-corrected chi connectivity index (χ1v) is 16.1. The first kappa shape index (κ1) is 55.8. The van der Waals surface area contributed by atoms with Gasteiger partial charge in [-0.1, -0.05) is 64.4 Å². The number of ether oxygens (including phenoxy) is 3. The summed E-state index contributed by atoms with van der Waals surface area (Å²) in [7, 11) is 3.09. The van der Waals surface area contributed by atoms with E-state index in [1.165, 1.54) is 39.0 Å². The number of hydrogen-bond donors (Lipinski definition) is 0. The van der Waals surface area contributed by atoms with E-state index in [1.807, 2.05) is 20.8 Å². The van der Waals surface area contributed by atoms with Crippen LogP contribution in [-0.4, -0.2) is 68.3 Å². The van der Waals surface area contributed by atoms with Gasteiger partial charge in [-0.3, -0.25) is 19.2 Å². The minimum atomic E-state index is -0.216. The number of aryl methyl sites for hydroxylation is 1. The summed E-state index contributed by atoms with van der Waals surface area (Å²) in [5, 5.41) is 0. The number of carbonyl (C=O) groups excluding carboxylic acids is 7. The number of methoxy groups -OCH3 is 2. The number of rotatable bonds is 12. The molecule has 0 aromatic heterocycles. The molecule has 0 N–H and O–H groups in total. The van der Waals surface area contributed by atoms with Gasteiger partial charge in [0, 0.05) is 52.7 Å². The number of Topliss-reactive ketones (excluding diaryl/α,β-unsaturated/α-hetero) is 5. The van der Waals surface area contributed by atoms with Gasteiger partial charge in [-0.2, -0.15) is 0 Å². The average Bonchev–Trinajstić information content (AvgIpc) is 2.99. The van der Waals surface area contributed by atoms with Crippen molar-refractivity contribution in [3.63, 3.8) is 0 Å². The Morgan fingerprint density at radius 1 is 0.574 bits per heavy atom. The van der Waals surface area contributed by atoms with E-state index < -0.39 is 0 Å². The van der Waals surface area contributed by atoms with Crippen molar-refractivity contribution in [2.45, 2.75) is 134 Å². The number of esters is 2. The van der Waals surface area contributed by atoms with E-state index in [0.717, 1.165) is 32.3 Å². The van der Waals surface area contributed by atoms with Crippen molar-refractivity contribution >= 4 is 40.9 Å². The van der Waals surface area contributed by atoms with Crippen molar-refractivity contribution in [3.05, 3.63) is 35.4 Å². The van der Waals surface area contributed by atoms with Crippen molar-refractivity contribution < 1.29 is 47.8 Å². The SMILES string of the molecule is CC(=O)CC(C)=O.CC(=O)OCCc1ccc(C)cc1.CCC(=O)OC.CCC(C)=O.CCC(C)=O.CCCC(C)=O.CCCOC. The Kier molecular flexibility index (Phi) is 53.0. The minimum absolute atomic E-state index is 0.0625. The molecule has 0 spiro atoms. The number of carbonyl (C=O) groups is 7. The monoisotopic (exact) mass is 670 g/mol. The minimum Gasteiger partial charge on any atom is -0.469 e. The van der Waals surface area contributed by atoms with Crippen molar-refractivity contribution in [1.82, 2.24) is 0 Å². The maximum absolute atomic E-state index is 10.5. The van der Waals surface area contributed by atoms with Crippen molar-refractivity contribution in [2.75, 3.05) is 27.4 Å². The summed E-state index contributed by atoms with van der Waals surface area (Å²) in [6.45, 7) is 22.0. The lowest BCUT2D eigenvalue weighted by Gasteiger charge is -2.02. The lowest BCUT2D eigenvalue weighted by atomic mass is 10.1. The molecular weight excluding hydrogens is 604 g/mol. The second-order valence-electron chi connectivity index (χ2n) is 10.1. The molecule has 0 aliphatic heterocycles. The third kappa shape index (κ3) is 80.1. The summed E-state index contributed by atoms with van der Waals surface area (Å²) in [6, 6.07) is 8.23. The zero-order valence-corrected chi connectivity index (χ0v) is 32.0. The predicted molar refractivity (Wildman–Crippen MR) is 190 cm³/mol. The molecule has 0 bridgehead atoms. The molecule has 0 atom stereocenters. The lowest BCUT2D eigenvalue weighted by molar-refractivity contribution is -0.141. The van der Waals surface area contributed by atoms with Crippen LogP contribution in [0.4, 0.5) is 0 Å². The van der Waals surface area contributed by atoms with Crippen LogP contribution >= 0.6 is 0 Å². The normalized spacial score (nSPS) is 8.47. The van der Waals surface area contributed by atoms with E-state index in [-0.39, 0.29) is 47.3 Å². The molecule has 0 heterocycles. The Balaban J connectivity index is -0.000000109. The number of benzene rings is 1. The van der Waals surface area contributed by atoms with Crippen molar-refractivity contribution in [1.29, 1.82) is 0 Å². The summed E-state index contributed by atoms with van der Waals surface area (Å²) >= 11 is 0. The van der Waals surface area contributed by atoms with Crippen LogP contribution < -0.4 is 0 Å². The standard InChI is InChI=1S/C11H14O2.C5H8O2.C5H10O.C4H8O2.C4H10O.2C4H8O/c1-9-3-5-11(6-4-9)7-8-13-10(2)12;1-4(6)3-5(2)7;1-3-4-5(2)6;1-3-4(5)6-2;1-3-4-5-2;2*1-3-4(2)5/h3-6H,7-8H2,1-2H3;3H2,1-2H3;3-4H2,1-2H3;3H2,1-2H3;3-4H2,1-2H3;2*3H2,1-2H3. The van der Waals surface area contributed by atoms with Gasteiger partial charge < -0.3 is 28.6 Å². The Bertz CT molecular complexity index is 901. The maximum atomic E-state index is 10.5. The highest BCUT2D eigenvalue weighted by atomic mass is 16.5. The second kappa shape index (κ2) is 44.6. The highest BCUT2D eigenvalue weighted by Crippen LogP contribution is 2.03. The molecular formula is C37H66O10. The van der Waals surface area contributed by atoms with Crippen molar-refractivity contribution in [2.24, 2.45) is 0 Å². The third-order valence-electron chi connectivity index (χ3n) is 4.84. The molecule has 0 aliphatic rings. The van der Waals surface area contributed by atoms with E-state index in [1.54, 1.807) is 34.8 Å². The van der Waals surface area contributed by atoms with Gasteiger partial charge in [0.25, 0.3) is 0 Å². The van der Waals surface area contributed by atoms with Gasteiger partial charge in [0.15, 0.2) is 0 Å². The largest absolute Gasteiger partial charge is 0.469 e. The van der Waals surface area contributed by atoms with Gasteiger partial charge >= 0.3 is 11.9 Å². The topological polar surface area (TPSA) is 147 Å². The molecule has 1 aromatic rings. The fraction of sp³-hybridized carbons (Fsp3) is 0.649. The average molecular weight is 671 g/mol. The first-order chi connectivity index (χ1) is 21.8. The second-order valence-corrected chi connectivity index (χ2v) is 10.1. The Labute approximate surface area is 285 Å². The summed E-state index contributed by atoms with van der Waals surface area (Å²) in [6.07, 6.45) is 5.52. The smallest absolute Gasteiger partial charge is 0.305 e. The molecule has 1 rings (SSSR count). The maximum Gasteiger partial charge on any atom is 0.305 e. The summed E-state index contributed by atoms with van der Waals surface area (Å²) in [5.41, 5.74) is 2.45. The van der Waals surface area contributed by atoms with Crippen molar-refractivity contribution in [3.8, 4) is 0 Å². The summed E-state index contributed by atoms with van der Waals surface area (Å²) in [4.78, 5) is 70.2. The molecule has 10 nitrogen and oxygen atoms in total. The summed E-state index contributed by atoms with van der Waals surface area (Å²) in [5.74, 6) is 0.301. The molecule has 0 radical (unpaired) electrons. The molecule has 0 fully saturated rings. The number of ketones is 5. The van der Waals surface area contributed by atoms with Crippen LogP contribution in [0.25, 0.3) is 0 Å². The van der Waals surface area contributed by atoms with E-state index in [0.29, 0.717) is 25.9 Å². The molecule has 0 saturated carbocycles.